The number of aryl methyl sites for hydroxylation is 1. The lowest BCUT2D eigenvalue weighted by atomic mass is 9.97. The summed E-state index contributed by atoms with van der Waals surface area (Å²) >= 11 is 0. The Bertz CT molecular complexity index is 808. The van der Waals surface area contributed by atoms with Crippen LogP contribution in [0.15, 0.2) is 18.3 Å². The summed E-state index contributed by atoms with van der Waals surface area (Å²) in [5, 5.41) is 0. The quantitative estimate of drug-likeness (QED) is 0.787. The second-order valence-electron chi connectivity index (χ2n) is 7.70. The van der Waals surface area contributed by atoms with E-state index in [1.54, 1.807) is 4.57 Å². The molecule has 0 aliphatic carbocycles. The fourth-order valence-electron chi connectivity index (χ4n) is 4.01. The smallest absolute Gasteiger partial charge is 0.355 e. The van der Waals surface area contributed by atoms with Crippen LogP contribution in [0.3, 0.4) is 0 Å². The Morgan fingerprint density at radius 2 is 1.85 bits per heavy atom. The molecule has 26 heavy (non-hydrogen) atoms. The topological polar surface area (TPSA) is 56.5 Å². The maximum Gasteiger partial charge on any atom is 0.355 e. The summed E-state index contributed by atoms with van der Waals surface area (Å²) in [6, 6.07) is 4.23. The standard InChI is InChI=1S/C20H29N3O3/c1-13(2)26-20(25)18-11-17-16(9-10-21(17)5)22(18)12-19(24)23-14(3)7-6-8-15(23)4/h9-11,13-15H,6-8,12H2,1-5H3/t14-,15-/m1/s1. The molecule has 3 rings (SSSR count). The van der Waals surface area contributed by atoms with E-state index in [0.717, 1.165) is 30.3 Å². The zero-order valence-electron chi connectivity index (χ0n) is 16.4. The van der Waals surface area contributed by atoms with Gasteiger partial charge in [-0.1, -0.05) is 0 Å². The van der Waals surface area contributed by atoms with Gasteiger partial charge in [0.05, 0.1) is 17.1 Å². The number of carbonyl (C=O) groups excluding carboxylic acids is 2. The molecule has 1 fully saturated rings. The molecule has 0 N–H and O–H groups in total. The van der Waals surface area contributed by atoms with Gasteiger partial charge in [-0.25, -0.2) is 4.79 Å². The highest BCUT2D eigenvalue weighted by molar-refractivity contribution is 5.96. The van der Waals surface area contributed by atoms with Crippen LogP contribution in [0.25, 0.3) is 11.0 Å². The van der Waals surface area contributed by atoms with Crippen molar-refractivity contribution < 1.29 is 14.3 Å². The first-order valence-corrected chi connectivity index (χ1v) is 9.46. The Hall–Kier alpha value is -2.24. The molecule has 3 heterocycles. The average Bonchev–Trinajstić information content (AvgIpc) is 3.07. The van der Waals surface area contributed by atoms with E-state index in [1.807, 2.05) is 48.7 Å². The van der Waals surface area contributed by atoms with Crippen LogP contribution in [0.2, 0.25) is 0 Å². The second kappa shape index (κ2) is 7.17. The molecule has 1 amide bonds. The van der Waals surface area contributed by atoms with Gasteiger partial charge in [-0.2, -0.15) is 0 Å². The minimum absolute atomic E-state index is 0.0599. The molecule has 1 aliphatic heterocycles. The van der Waals surface area contributed by atoms with Crippen molar-refractivity contribution in [3.8, 4) is 0 Å². The fourth-order valence-corrected chi connectivity index (χ4v) is 4.01. The molecule has 6 heteroatoms. The van der Waals surface area contributed by atoms with E-state index in [0.29, 0.717) is 5.69 Å². The highest BCUT2D eigenvalue weighted by Gasteiger charge is 2.30. The fraction of sp³-hybridized carbons (Fsp3) is 0.600. The van der Waals surface area contributed by atoms with E-state index < -0.39 is 0 Å². The average molecular weight is 359 g/mol. The predicted octanol–water partition coefficient (Wildman–Crippen LogP) is 3.33. The number of carbonyl (C=O) groups is 2. The number of hydrogen-bond acceptors (Lipinski definition) is 3. The van der Waals surface area contributed by atoms with Gasteiger partial charge < -0.3 is 18.8 Å². The summed E-state index contributed by atoms with van der Waals surface area (Å²) < 4.78 is 9.15. The first-order chi connectivity index (χ1) is 12.3. The van der Waals surface area contributed by atoms with Gasteiger partial charge in [-0.05, 0) is 59.1 Å². The summed E-state index contributed by atoms with van der Waals surface area (Å²) in [5.41, 5.74) is 2.24. The summed E-state index contributed by atoms with van der Waals surface area (Å²) in [7, 11) is 1.93. The van der Waals surface area contributed by atoms with Crippen LogP contribution in [0.5, 0.6) is 0 Å². The third-order valence-corrected chi connectivity index (χ3v) is 5.28. The number of piperidine rings is 1. The van der Waals surface area contributed by atoms with Gasteiger partial charge >= 0.3 is 5.97 Å². The van der Waals surface area contributed by atoms with Crippen LogP contribution in [0.4, 0.5) is 0 Å². The lowest BCUT2D eigenvalue weighted by Crippen LogP contribution is -2.48. The van der Waals surface area contributed by atoms with Crippen molar-refractivity contribution in [3.63, 3.8) is 0 Å². The predicted molar refractivity (Wildman–Crippen MR) is 101 cm³/mol. The zero-order valence-corrected chi connectivity index (χ0v) is 16.4. The zero-order chi connectivity index (χ0) is 19.0. The normalized spacial score (nSPS) is 20.8. The molecular weight excluding hydrogens is 330 g/mol. The van der Waals surface area contributed by atoms with Gasteiger partial charge in [0, 0.05) is 25.3 Å². The first kappa shape index (κ1) is 18.5. The number of nitrogens with zero attached hydrogens (tertiary/aromatic N) is 3. The minimum atomic E-state index is -0.385. The number of ether oxygens (including phenoxy) is 1. The molecule has 6 nitrogen and oxygen atoms in total. The molecule has 2 aromatic rings. The van der Waals surface area contributed by atoms with Crippen molar-refractivity contribution in [2.24, 2.45) is 7.05 Å². The van der Waals surface area contributed by atoms with Gasteiger partial charge in [-0.15, -0.1) is 0 Å². The van der Waals surface area contributed by atoms with Crippen molar-refractivity contribution in [2.45, 2.75) is 71.7 Å². The molecule has 1 aliphatic rings. The summed E-state index contributed by atoms with van der Waals surface area (Å²) in [4.78, 5) is 27.6. The summed E-state index contributed by atoms with van der Waals surface area (Å²) in [5.74, 6) is -0.326. The number of rotatable bonds is 4. The number of aromatic nitrogens is 2. The molecular formula is C20H29N3O3. The van der Waals surface area contributed by atoms with Crippen LogP contribution in [-0.2, 0) is 23.1 Å². The summed E-state index contributed by atoms with van der Waals surface area (Å²) in [6.45, 7) is 8.02. The van der Waals surface area contributed by atoms with E-state index in [9.17, 15) is 9.59 Å². The van der Waals surface area contributed by atoms with E-state index in [2.05, 4.69) is 13.8 Å². The number of fused-ring (bicyclic) bond motifs is 1. The third kappa shape index (κ3) is 3.37. The van der Waals surface area contributed by atoms with Gasteiger partial charge in [0.25, 0.3) is 0 Å². The Morgan fingerprint density at radius 1 is 1.19 bits per heavy atom. The monoisotopic (exact) mass is 359 g/mol. The highest BCUT2D eigenvalue weighted by Crippen LogP contribution is 2.25. The van der Waals surface area contributed by atoms with Gasteiger partial charge in [0.15, 0.2) is 0 Å². The van der Waals surface area contributed by atoms with Gasteiger partial charge in [-0.3, -0.25) is 4.79 Å². The van der Waals surface area contributed by atoms with E-state index >= 15 is 0 Å². The Labute approximate surface area is 154 Å². The van der Waals surface area contributed by atoms with E-state index in [1.165, 1.54) is 0 Å². The van der Waals surface area contributed by atoms with Crippen molar-refractivity contribution in [2.75, 3.05) is 0 Å². The van der Waals surface area contributed by atoms with Crippen LogP contribution in [0.1, 0.15) is 57.4 Å². The molecule has 142 valence electrons. The van der Waals surface area contributed by atoms with Crippen LogP contribution < -0.4 is 0 Å². The van der Waals surface area contributed by atoms with E-state index in [-0.39, 0.29) is 36.6 Å². The molecule has 0 saturated carbocycles. The Balaban J connectivity index is 1.95. The Kier molecular flexibility index (Phi) is 5.12. The summed E-state index contributed by atoms with van der Waals surface area (Å²) in [6.07, 6.45) is 4.96. The highest BCUT2D eigenvalue weighted by atomic mass is 16.5. The van der Waals surface area contributed by atoms with Crippen LogP contribution >= 0.6 is 0 Å². The second-order valence-corrected chi connectivity index (χ2v) is 7.70. The molecule has 0 unspecified atom stereocenters. The number of hydrogen-bond donors (Lipinski definition) is 0. The van der Waals surface area contributed by atoms with Crippen molar-refractivity contribution >= 4 is 22.9 Å². The van der Waals surface area contributed by atoms with Crippen molar-refractivity contribution in [3.05, 3.63) is 24.0 Å². The first-order valence-electron chi connectivity index (χ1n) is 9.46. The van der Waals surface area contributed by atoms with E-state index in [4.69, 9.17) is 4.74 Å². The Morgan fingerprint density at radius 3 is 2.46 bits per heavy atom. The third-order valence-electron chi connectivity index (χ3n) is 5.28. The maximum atomic E-state index is 13.1. The molecule has 2 aromatic heterocycles. The number of esters is 1. The molecule has 2 atom stereocenters. The largest absolute Gasteiger partial charge is 0.458 e. The van der Waals surface area contributed by atoms with Crippen LogP contribution in [-0.4, -0.2) is 44.1 Å². The molecule has 0 spiro atoms. The molecule has 0 aromatic carbocycles. The number of amides is 1. The molecule has 0 radical (unpaired) electrons. The lowest BCUT2D eigenvalue weighted by molar-refractivity contribution is -0.137. The SMILES string of the molecule is CC(C)OC(=O)c1cc2c(ccn2C)n1CC(=O)N1[C@H](C)CCC[C@H]1C. The lowest BCUT2D eigenvalue weighted by Gasteiger charge is -2.39. The van der Waals surface area contributed by atoms with Crippen molar-refractivity contribution in [1.29, 1.82) is 0 Å². The minimum Gasteiger partial charge on any atom is -0.458 e. The van der Waals surface area contributed by atoms with Crippen LogP contribution in [0, 0.1) is 0 Å². The number of likely N-dealkylation sites (tertiary alicyclic amines) is 1. The van der Waals surface area contributed by atoms with Crippen molar-refractivity contribution in [1.82, 2.24) is 14.0 Å². The maximum absolute atomic E-state index is 13.1. The molecule has 0 bridgehead atoms. The van der Waals surface area contributed by atoms with Gasteiger partial charge in [0.2, 0.25) is 5.91 Å². The molecule has 1 saturated heterocycles. The van der Waals surface area contributed by atoms with Gasteiger partial charge in [0.1, 0.15) is 12.2 Å².